The Bertz CT molecular complexity index is 1860. The maximum atomic E-state index is 16.8. The average molecular weight is 626 g/mol. The highest BCUT2D eigenvalue weighted by Gasteiger charge is 2.46. The van der Waals surface area contributed by atoms with Crippen LogP contribution >= 0.6 is 0 Å². The highest BCUT2D eigenvalue weighted by Crippen LogP contribution is 2.42. The summed E-state index contributed by atoms with van der Waals surface area (Å²) in [6.07, 6.45) is 5.34. The molecule has 238 valence electrons. The Kier molecular flexibility index (Phi) is 6.97. The third-order valence-corrected chi connectivity index (χ3v) is 10.6. The summed E-state index contributed by atoms with van der Waals surface area (Å²) in [6.45, 7) is 3.43. The highest BCUT2D eigenvalue weighted by molar-refractivity contribution is 6.01. The minimum atomic E-state index is -1.14. The number of nitrogens with zero attached hydrogens (tertiary/aromatic N) is 5. The first kappa shape index (κ1) is 28.9. The van der Waals surface area contributed by atoms with Crippen LogP contribution < -0.4 is 9.64 Å². The molecule has 4 fully saturated rings. The van der Waals surface area contributed by atoms with Crippen molar-refractivity contribution in [2.45, 2.75) is 62.6 Å². The van der Waals surface area contributed by atoms with E-state index in [0.29, 0.717) is 42.0 Å². The molecule has 0 spiro atoms. The average Bonchev–Trinajstić information content (AvgIpc) is 3.70. The van der Waals surface area contributed by atoms with Crippen LogP contribution in [0.15, 0.2) is 48.5 Å². The molecule has 11 heteroatoms. The van der Waals surface area contributed by atoms with E-state index in [0.717, 1.165) is 62.4 Å². The van der Waals surface area contributed by atoms with Gasteiger partial charge in [0, 0.05) is 36.1 Å². The number of phenols is 1. The lowest BCUT2D eigenvalue weighted by atomic mass is 9.95. The van der Waals surface area contributed by atoms with Gasteiger partial charge in [-0.25, -0.2) is 4.39 Å². The molecule has 2 bridgehead atoms. The van der Waals surface area contributed by atoms with Gasteiger partial charge in [-0.15, -0.1) is 0 Å². The van der Waals surface area contributed by atoms with Crippen LogP contribution in [0, 0.1) is 5.82 Å². The van der Waals surface area contributed by atoms with Crippen LogP contribution in [0.4, 0.5) is 10.2 Å². The van der Waals surface area contributed by atoms with E-state index >= 15 is 4.39 Å². The fraction of sp³-hybridized carbons (Fsp3) is 0.429. The number of hydrogen-bond acceptors (Lipinski definition) is 8. The molecule has 0 saturated carbocycles. The van der Waals surface area contributed by atoms with E-state index < -0.39 is 18.2 Å². The second-order valence-corrected chi connectivity index (χ2v) is 13.2. The monoisotopic (exact) mass is 625 g/mol. The van der Waals surface area contributed by atoms with Crippen molar-refractivity contribution in [2.75, 3.05) is 37.7 Å². The van der Waals surface area contributed by atoms with Crippen molar-refractivity contribution in [3.05, 3.63) is 54.3 Å². The molecule has 10 nitrogen and oxygen atoms in total. The van der Waals surface area contributed by atoms with E-state index in [2.05, 4.69) is 14.8 Å². The number of carbonyl (C=O) groups excluding carboxylic acids is 1. The zero-order valence-corrected chi connectivity index (χ0v) is 25.5. The lowest BCUT2D eigenvalue weighted by Gasteiger charge is -2.41. The van der Waals surface area contributed by atoms with Gasteiger partial charge in [0.2, 0.25) is 5.91 Å². The zero-order chi connectivity index (χ0) is 31.6. The van der Waals surface area contributed by atoms with Crippen LogP contribution in [0.2, 0.25) is 0 Å². The molecule has 4 saturated heterocycles. The Hall–Kier alpha value is -4.51. The number of piperazine rings is 1. The maximum absolute atomic E-state index is 16.8. The Morgan fingerprint density at radius 2 is 1.70 bits per heavy atom. The summed E-state index contributed by atoms with van der Waals surface area (Å²) in [7, 11) is 0. The first-order valence-corrected chi connectivity index (χ1v) is 16.2. The fourth-order valence-corrected chi connectivity index (χ4v) is 8.52. The van der Waals surface area contributed by atoms with Gasteiger partial charge in [0.05, 0.1) is 5.54 Å². The van der Waals surface area contributed by atoms with Crippen molar-refractivity contribution >= 4 is 39.4 Å². The predicted molar refractivity (Wildman–Crippen MR) is 170 cm³/mol. The number of aromatic hydroxyl groups is 1. The number of benzene rings is 3. The number of carboxylic acid groups (broad SMARTS) is 1. The summed E-state index contributed by atoms with van der Waals surface area (Å²) >= 11 is 0. The number of phenolic OH excluding ortho intramolecular Hbond substituents is 1. The lowest BCUT2D eigenvalue weighted by molar-refractivity contribution is -0.145. The molecular weight excluding hydrogens is 589 g/mol. The summed E-state index contributed by atoms with van der Waals surface area (Å²) < 4.78 is 23.2. The molecule has 1 aromatic heterocycles. The van der Waals surface area contributed by atoms with Gasteiger partial charge in [-0.1, -0.05) is 30.3 Å². The van der Waals surface area contributed by atoms with Gasteiger partial charge in [-0.05, 0) is 86.1 Å². The summed E-state index contributed by atoms with van der Waals surface area (Å²) in [5.41, 5.74) is 0.964. The van der Waals surface area contributed by atoms with Gasteiger partial charge in [0.15, 0.2) is 5.82 Å². The van der Waals surface area contributed by atoms with Gasteiger partial charge in [-0.2, -0.15) is 9.97 Å². The molecule has 1 amide bonds. The van der Waals surface area contributed by atoms with Crippen LogP contribution in [-0.4, -0.2) is 92.3 Å². The molecule has 0 radical (unpaired) electrons. The van der Waals surface area contributed by atoms with Crippen LogP contribution in [0.1, 0.15) is 44.9 Å². The molecule has 3 aromatic carbocycles. The molecule has 46 heavy (non-hydrogen) atoms. The lowest BCUT2D eigenvalue weighted by Crippen LogP contribution is -2.56. The van der Waals surface area contributed by atoms with Crippen LogP contribution in [-0.2, 0) is 9.59 Å². The van der Waals surface area contributed by atoms with Crippen molar-refractivity contribution in [1.29, 1.82) is 0 Å². The van der Waals surface area contributed by atoms with E-state index in [1.165, 1.54) is 0 Å². The number of amides is 1. The number of aliphatic carboxylic acids is 1. The SMILES string of the molecule is O=C(O)CC(=O)N1[C@@H]2CC[C@H]1CN(c1nc(OCC34CCCN3CCC4)nc3c(F)c(-c4cc(O)cc5ccccc45)ccc13)C2. The molecule has 2 atom stereocenters. The van der Waals surface area contributed by atoms with Gasteiger partial charge in [0.25, 0.3) is 0 Å². The highest BCUT2D eigenvalue weighted by atomic mass is 19.1. The number of carboxylic acids is 1. The number of anilines is 1. The first-order chi connectivity index (χ1) is 22.3. The number of ether oxygens (including phenoxy) is 1. The van der Waals surface area contributed by atoms with Crippen LogP contribution in [0.3, 0.4) is 0 Å². The minimum Gasteiger partial charge on any atom is -0.508 e. The van der Waals surface area contributed by atoms with Crippen molar-refractivity contribution in [2.24, 2.45) is 0 Å². The topological polar surface area (TPSA) is 119 Å². The van der Waals surface area contributed by atoms with Crippen LogP contribution in [0.25, 0.3) is 32.8 Å². The second-order valence-electron chi connectivity index (χ2n) is 13.2. The number of halogens is 1. The largest absolute Gasteiger partial charge is 0.508 e. The van der Waals surface area contributed by atoms with Crippen molar-refractivity contribution < 1.29 is 28.9 Å². The molecule has 0 aliphatic carbocycles. The quantitative estimate of drug-likeness (QED) is 0.275. The van der Waals surface area contributed by atoms with E-state index in [1.54, 1.807) is 23.1 Å². The number of carbonyl (C=O) groups is 2. The Balaban J connectivity index is 1.21. The number of aromatic nitrogens is 2. The molecule has 4 aliphatic heterocycles. The normalized spacial score (nSPS) is 22.1. The van der Waals surface area contributed by atoms with Gasteiger partial charge in [-0.3, -0.25) is 14.5 Å². The second kappa shape index (κ2) is 11.1. The maximum Gasteiger partial charge on any atom is 0.319 e. The van der Waals surface area contributed by atoms with E-state index in [-0.39, 0.29) is 40.8 Å². The van der Waals surface area contributed by atoms with Gasteiger partial charge < -0.3 is 24.7 Å². The molecular formula is C35H36FN5O5. The fourth-order valence-electron chi connectivity index (χ4n) is 8.52. The zero-order valence-electron chi connectivity index (χ0n) is 25.5. The molecule has 5 heterocycles. The van der Waals surface area contributed by atoms with Crippen LogP contribution in [0.5, 0.6) is 11.8 Å². The molecule has 0 unspecified atom stereocenters. The number of fused-ring (bicyclic) bond motifs is 5. The summed E-state index contributed by atoms with van der Waals surface area (Å²) in [4.78, 5) is 40.0. The summed E-state index contributed by atoms with van der Waals surface area (Å²) in [5.74, 6) is -1.45. The Morgan fingerprint density at radius 1 is 0.957 bits per heavy atom. The summed E-state index contributed by atoms with van der Waals surface area (Å²) in [5, 5.41) is 21.9. The van der Waals surface area contributed by atoms with Crippen molar-refractivity contribution in [3.8, 4) is 22.9 Å². The van der Waals surface area contributed by atoms with Crippen molar-refractivity contribution in [1.82, 2.24) is 19.8 Å². The standard InChI is InChI=1S/C35H36FN5O5/c36-31-26(28-16-24(42)15-21-5-1-2-6-25(21)28)9-10-27-32(31)37-34(46-20-35-11-3-13-40(35)14-4-12-35)38-33(27)39-18-22-7-8-23(19-39)41(22)29(43)17-30(44)45/h1-2,5-6,9-10,15-16,22-23,42H,3-4,7-8,11-14,17-20H2,(H,44,45)/t22-,23+. The minimum absolute atomic E-state index is 0.0447. The number of rotatable bonds is 7. The summed E-state index contributed by atoms with van der Waals surface area (Å²) in [6, 6.07) is 14.1. The Labute approximate surface area is 265 Å². The third-order valence-electron chi connectivity index (χ3n) is 10.6. The Morgan fingerprint density at radius 3 is 2.43 bits per heavy atom. The molecule has 4 aromatic rings. The van der Waals surface area contributed by atoms with E-state index in [1.807, 2.05) is 30.3 Å². The van der Waals surface area contributed by atoms with Gasteiger partial charge in [0.1, 0.15) is 30.1 Å². The molecule has 8 rings (SSSR count). The van der Waals surface area contributed by atoms with Gasteiger partial charge >= 0.3 is 12.0 Å². The van der Waals surface area contributed by atoms with Crippen molar-refractivity contribution in [3.63, 3.8) is 0 Å². The smallest absolute Gasteiger partial charge is 0.319 e. The molecule has 4 aliphatic rings. The third kappa shape index (κ3) is 4.79. The van der Waals surface area contributed by atoms with E-state index in [4.69, 9.17) is 9.72 Å². The predicted octanol–water partition coefficient (Wildman–Crippen LogP) is 4.96. The first-order valence-electron chi connectivity index (χ1n) is 16.2. The van der Waals surface area contributed by atoms with E-state index in [9.17, 15) is 19.8 Å². The number of hydrogen-bond donors (Lipinski definition) is 2. The molecule has 2 N–H and O–H groups in total.